The molecule has 0 radical (unpaired) electrons. The number of nitrogens with zero attached hydrogens (tertiary/aromatic N) is 2. The number of halogens is 5. The Kier molecular flexibility index (Phi) is 6.54. The van der Waals surface area contributed by atoms with Crippen molar-refractivity contribution in [1.82, 2.24) is 20.4 Å². The molecular formula is C16H17Cl2F3N4O. The molecule has 2 heterocycles. The van der Waals surface area contributed by atoms with Gasteiger partial charge in [-0.15, -0.1) is 12.4 Å². The Morgan fingerprint density at radius 3 is 2.62 bits per heavy atom. The molecule has 10 heteroatoms. The predicted octanol–water partition coefficient (Wildman–Crippen LogP) is 3.45. The predicted molar refractivity (Wildman–Crippen MR) is 94.2 cm³/mol. The third-order valence-electron chi connectivity index (χ3n) is 4.02. The quantitative estimate of drug-likeness (QED) is 0.814. The van der Waals surface area contributed by atoms with E-state index in [-0.39, 0.29) is 30.7 Å². The Morgan fingerprint density at radius 2 is 2.04 bits per heavy atom. The van der Waals surface area contributed by atoms with Gasteiger partial charge in [0.1, 0.15) is 0 Å². The third kappa shape index (κ3) is 4.49. The second-order valence-corrected chi connectivity index (χ2v) is 6.23. The fourth-order valence-electron chi connectivity index (χ4n) is 2.81. The number of rotatable bonds is 4. The molecule has 2 aromatic rings. The van der Waals surface area contributed by atoms with Crippen molar-refractivity contribution in [1.29, 1.82) is 0 Å². The van der Waals surface area contributed by atoms with Crippen LogP contribution in [-0.4, -0.2) is 34.8 Å². The van der Waals surface area contributed by atoms with E-state index >= 15 is 0 Å². The van der Waals surface area contributed by atoms with Crippen molar-refractivity contribution in [2.24, 2.45) is 0 Å². The minimum absolute atomic E-state index is 0. The number of benzene rings is 1. The van der Waals surface area contributed by atoms with Gasteiger partial charge in [0.05, 0.1) is 17.4 Å². The largest absolute Gasteiger partial charge is 0.434 e. The Morgan fingerprint density at radius 1 is 1.35 bits per heavy atom. The number of nitrogens with one attached hydrogen (secondary N) is 2. The summed E-state index contributed by atoms with van der Waals surface area (Å²) in [4.78, 5) is 12.3. The van der Waals surface area contributed by atoms with Gasteiger partial charge in [-0.2, -0.15) is 18.3 Å². The monoisotopic (exact) mass is 408 g/mol. The fourth-order valence-corrected chi connectivity index (χ4v) is 2.93. The summed E-state index contributed by atoms with van der Waals surface area (Å²) >= 11 is 5.77. The van der Waals surface area contributed by atoms with E-state index in [4.69, 9.17) is 11.6 Å². The number of carbonyl (C=O) groups excluding carboxylic acids is 1. The lowest BCUT2D eigenvalue weighted by atomic mass is 10.2. The smallest absolute Gasteiger partial charge is 0.350 e. The second-order valence-electron chi connectivity index (χ2n) is 5.80. The first kappa shape index (κ1) is 20.5. The van der Waals surface area contributed by atoms with Crippen LogP contribution >= 0.6 is 24.0 Å². The Balaban J connectivity index is 0.00000243. The first-order valence-electron chi connectivity index (χ1n) is 7.79. The van der Waals surface area contributed by atoms with Crippen molar-refractivity contribution >= 4 is 29.9 Å². The maximum Gasteiger partial charge on any atom is 0.434 e. The highest BCUT2D eigenvalue weighted by atomic mass is 35.5. The van der Waals surface area contributed by atoms with Gasteiger partial charge in [0.25, 0.3) is 5.91 Å². The van der Waals surface area contributed by atoms with E-state index in [1.807, 2.05) is 0 Å². The summed E-state index contributed by atoms with van der Waals surface area (Å²) in [5.41, 5.74) is -1.43. The number of hydrogen-bond donors (Lipinski definition) is 2. The molecule has 5 nitrogen and oxygen atoms in total. The fraction of sp³-hybridized carbons (Fsp3) is 0.375. The summed E-state index contributed by atoms with van der Waals surface area (Å²) in [5.74, 6) is -0.791. The van der Waals surface area contributed by atoms with Gasteiger partial charge in [0, 0.05) is 17.6 Å². The van der Waals surface area contributed by atoms with Gasteiger partial charge in [0.15, 0.2) is 5.69 Å². The van der Waals surface area contributed by atoms with Gasteiger partial charge < -0.3 is 10.6 Å². The van der Waals surface area contributed by atoms with Gasteiger partial charge in [-0.3, -0.25) is 4.79 Å². The van der Waals surface area contributed by atoms with E-state index in [9.17, 15) is 18.0 Å². The van der Waals surface area contributed by atoms with E-state index in [1.54, 1.807) is 0 Å². The molecule has 1 amide bonds. The molecule has 1 fully saturated rings. The van der Waals surface area contributed by atoms with E-state index in [2.05, 4.69) is 15.7 Å². The van der Waals surface area contributed by atoms with Crippen molar-refractivity contribution in [3.8, 4) is 5.69 Å². The van der Waals surface area contributed by atoms with E-state index in [0.717, 1.165) is 25.6 Å². The molecule has 0 saturated carbocycles. The topological polar surface area (TPSA) is 59.0 Å². The van der Waals surface area contributed by atoms with Crippen molar-refractivity contribution < 1.29 is 18.0 Å². The van der Waals surface area contributed by atoms with Gasteiger partial charge in [-0.1, -0.05) is 11.6 Å². The maximum atomic E-state index is 13.5. The summed E-state index contributed by atoms with van der Waals surface area (Å²) in [6.45, 7) is 1.13. The highest BCUT2D eigenvalue weighted by Crippen LogP contribution is 2.33. The molecule has 1 unspecified atom stereocenters. The van der Waals surface area contributed by atoms with Crippen LogP contribution < -0.4 is 10.6 Å². The van der Waals surface area contributed by atoms with Crippen LogP contribution in [0.2, 0.25) is 5.02 Å². The van der Waals surface area contributed by atoms with Crippen LogP contribution in [0.3, 0.4) is 0 Å². The molecule has 2 N–H and O–H groups in total. The first-order valence-corrected chi connectivity index (χ1v) is 8.17. The van der Waals surface area contributed by atoms with E-state index in [1.165, 1.54) is 24.3 Å². The van der Waals surface area contributed by atoms with Crippen molar-refractivity contribution in [3.63, 3.8) is 0 Å². The third-order valence-corrected chi connectivity index (χ3v) is 4.28. The van der Waals surface area contributed by atoms with E-state index < -0.39 is 23.3 Å². The molecule has 1 aliphatic rings. The maximum absolute atomic E-state index is 13.5. The number of carbonyl (C=O) groups is 1. The minimum atomic E-state index is -4.73. The van der Waals surface area contributed by atoms with Crippen LogP contribution in [0.15, 0.2) is 30.5 Å². The molecule has 3 rings (SSSR count). The molecular weight excluding hydrogens is 392 g/mol. The summed E-state index contributed by atoms with van der Waals surface area (Å²) in [7, 11) is 0. The normalized spacial score (nSPS) is 17.0. The summed E-state index contributed by atoms with van der Waals surface area (Å²) in [6, 6.07) is 5.84. The van der Waals surface area contributed by atoms with Gasteiger partial charge in [-0.05, 0) is 43.7 Å². The van der Waals surface area contributed by atoms with Crippen molar-refractivity contribution in [2.45, 2.75) is 25.1 Å². The Hall–Kier alpha value is -1.77. The summed E-state index contributed by atoms with van der Waals surface area (Å²) < 4.78 is 41.3. The van der Waals surface area contributed by atoms with Gasteiger partial charge in [-0.25, -0.2) is 4.68 Å². The average Bonchev–Trinajstić information content (AvgIpc) is 3.22. The zero-order valence-electron chi connectivity index (χ0n) is 13.5. The molecule has 1 aromatic carbocycles. The molecule has 1 atom stereocenters. The van der Waals surface area contributed by atoms with Crippen LogP contribution in [0.25, 0.3) is 5.69 Å². The van der Waals surface area contributed by atoms with Crippen LogP contribution in [0.4, 0.5) is 13.2 Å². The zero-order valence-corrected chi connectivity index (χ0v) is 15.1. The first-order chi connectivity index (χ1) is 11.9. The number of alkyl halides is 3. The molecule has 0 bridgehead atoms. The SMILES string of the molecule is Cl.O=C(NCC1CCCN1)c1cnn(-c2ccc(Cl)cc2)c1C(F)(F)F. The van der Waals surface area contributed by atoms with E-state index in [0.29, 0.717) is 9.70 Å². The molecule has 0 aliphatic carbocycles. The molecule has 26 heavy (non-hydrogen) atoms. The minimum Gasteiger partial charge on any atom is -0.350 e. The lowest BCUT2D eigenvalue weighted by Gasteiger charge is -2.14. The highest BCUT2D eigenvalue weighted by molar-refractivity contribution is 6.30. The molecule has 1 saturated heterocycles. The number of aromatic nitrogens is 2. The Bertz CT molecular complexity index is 756. The standard InChI is InChI=1S/C16H16ClF3N4O.ClH/c17-10-3-5-12(6-4-10)24-14(16(18,19)20)13(9-23-24)15(25)22-8-11-2-1-7-21-11;/h3-6,9,11,21H,1-2,7-8H2,(H,22,25);1H. The highest BCUT2D eigenvalue weighted by Gasteiger charge is 2.40. The van der Waals surface area contributed by atoms with Gasteiger partial charge in [0.2, 0.25) is 0 Å². The lowest BCUT2D eigenvalue weighted by Crippen LogP contribution is -2.37. The Labute approximate surface area is 159 Å². The molecule has 142 valence electrons. The number of amides is 1. The molecule has 1 aromatic heterocycles. The number of hydrogen-bond acceptors (Lipinski definition) is 3. The van der Waals surface area contributed by atoms with Crippen LogP contribution in [0.5, 0.6) is 0 Å². The van der Waals surface area contributed by atoms with Crippen molar-refractivity contribution in [3.05, 3.63) is 46.7 Å². The van der Waals surface area contributed by atoms with Gasteiger partial charge >= 0.3 is 6.18 Å². The second kappa shape index (κ2) is 8.28. The summed E-state index contributed by atoms with van der Waals surface area (Å²) in [5, 5.41) is 9.88. The van der Waals surface area contributed by atoms with Crippen LogP contribution in [-0.2, 0) is 6.18 Å². The van der Waals surface area contributed by atoms with Crippen molar-refractivity contribution in [2.75, 3.05) is 13.1 Å². The lowest BCUT2D eigenvalue weighted by molar-refractivity contribution is -0.143. The summed E-state index contributed by atoms with van der Waals surface area (Å²) in [6.07, 6.45) is -1.91. The molecule has 1 aliphatic heterocycles. The van der Waals surface area contributed by atoms with Crippen LogP contribution in [0, 0.1) is 0 Å². The average molecular weight is 409 g/mol. The van der Waals surface area contributed by atoms with Crippen LogP contribution in [0.1, 0.15) is 28.9 Å². The molecule has 0 spiro atoms. The zero-order chi connectivity index (χ0) is 18.0.